The second-order valence-corrected chi connectivity index (χ2v) is 5.43. The zero-order valence-corrected chi connectivity index (χ0v) is 12.1. The molecule has 1 heterocycles. The van der Waals surface area contributed by atoms with E-state index in [2.05, 4.69) is 38.1 Å². The number of nitrogens with one attached hydrogen (secondary N) is 1. The maximum atomic E-state index is 9.30. The Bertz CT molecular complexity index is 336. The van der Waals surface area contributed by atoms with Gasteiger partial charge in [-0.1, -0.05) is 20.8 Å². The second kappa shape index (κ2) is 7.54. The van der Waals surface area contributed by atoms with E-state index in [1.165, 1.54) is 0 Å². The predicted octanol–water partition coefficient (Wildman–Crippen LogP) is 2.35. The van der Waals surface area contributed by atoms with Crippen LogP contribution < -0.4 is 5.32 Å². The molecule has 0 spiro atoms. The first-order valence-corrected chi connectivity index (χ1v) is 6.95. The van der Waals surface area contributed by atoms with Crippen LogP contribution in [0.2, 0.25) is 0 Å². The SMILES string of the molecule is CCC(C)n1ccc(CNC(CO)CC(C)C)n1. The molecule has 104 valence electrons. The van der Waals surface area contributed by atoms with Crippen molar-refractivity contribution >= 4 is 0 Å². The van der Waals surface area contributed by atoms with Crippen LogP contribution in [-0.2, 0) is 6.54 Å². The van der Waals surface area contributed by atoms with Gasteiger partial charge in [-0.15, -0.1) is 0 Å². The summed E-state index contributed by atoms with van der Waals surface area (Å²) < 4.78 is 2.01. The number of aliphatic hydroxyl groups excluding tert-OH is 1. The Hall–Kier alpha value is -0.870. The number of aromatic nitrogens is 2. The van der Waals surface area contributed by atoms with E-state index in [1.54, 1.807) is 0 Å². The van der Waals surface area contributed by atoms with E-state index in [0.29, 0.717) is 12.0 Å². The minimum absolute atomic E-state index is 0.166. The summed E-state index contributed by atoms with van der Waals surface area (Å²) in [5.74, 6) is 0.590. The van der Waals surface area contributed by atoms with Gasteiger partial charge in [-0.3, -0.25) is 4.68 Å². The molecule has 4 heteroatoms. The number of hydrogen-bond acceptors (Lipinski definition) is 3. The Kier molecular flexibility index (Phi) is 6.36. The van der Waals surface area contributed by atoms with Crippen LogP contribution in [0, 0.1) is 5.92 Å². The highest BCUT2D eigenvalue weighted by Crippen LogP contribution is 2.10. The topological polar surface area (TPSA) is 50.1 Å². The van der Waals surface area contributed by atoms with E-state index in [4.69, 9.17) is 0 Å². The lowest BCUT2D eigenvalue weighted by Crippen LogP contribution is -2.33. The van der Waals surface area contributed by atoms with Gasteiger partial charge in [0.15, 0.2) is 0 Å². The molecule has 0 radical (unpaired) electrons. The molecule has 1 aromatic rings. The maximum absolute atomic E-state index is 9.30. The molecule has 0 bridgehead atoms. The molecular formula is C14H27N3O. The zero-order valence-electron chi connectivity index (χ0n) is 12.1. The molecule has 18 heavy (non-hydrogen) atoms. The van der Waals surface area contributed by atoms with Gasteiger partial charge in [0, 0.05) is 24.8 Å². The molecule has 0 saturated heterocycles. The average molecular weight is 253 g/mol. The van der Waals surface area contributed by atoms with Crippen LogP contribution in [0.1, 0.15) is 52.3 Å². The van der Waals surface area contributed by atoms with Gasteiger partial charge in [-0.2, -0.15) is 5.10 Å². The molecule has 0 aliphatic carbocycles. The van der Waals surface area contributed by atoms with Crippen molar-refractivity contribution in [2.45, 2.75) is 59.2 Å². The van der Waals surface area contributed by atoms with Crippen LogP contribution in [0.5, 0.6) is 0 Å². The van der Waals surface area contributed by atoms with Crippen molar-refractivity contribution < 1.29 is 5.11 Å². The summed E-state index contributed by atoms with van der Waals surface area (Å²) in [5, 5.41) is 17.2. The second-order valence-electron chi connectivity index (χ2n) is 5.43. The first-order valence-electron chi connectivity index (χ1n) is 6.95. The van der Waals surface area contributed by atoms with Gasteiger partial charge >= 0.3 is 0 Å². The van der Waals surface area contributed by atoms with Crippen LogP contribution in [-0.4, -0.2) is 27.5 Å². The lowest BCUT2D eigenvalue weighted by Gasteiger charge is -2.17. The molecule has 0 fully saturated rings. The fourth-order valence-electron chi connectivity index (χ4n) is 1.94. The van der Waals surface area contributed by atoms with Crippen molar-refractivity contribution in [3.8, 4) is 0 Å². The number of aliphatic hydroxyl groups is 1. The van der Waals surface area contributed by atoms with E-state index in [1.807, 2.05) is 16.9 Å². The van der Waals surface area contributed by atoms with Gasteiger partial charge in [0.25, 0.3) is 0 Å². The highest BCUT2D eigenvalue weighted by atomic mass is 16.3. The minimum Gasteiger partial charge on any atom is -0.395 e. The summed E-state index contributed by atoms with van der Waals surface area (Å²) in [7, 11) is 0. The van der Waals surface area contributed by atoms with Crippen LogP contribution in [0.3, 0.4) is 0 Å². The first kappa shape index (κ1) is 15.2. The molecule has 4 nitrogen and oxygen atoms in total. The van der Waals surface area contributed by atoms with Crippen molar-refractivity contribution in [3.05, 3.63) is 18.0 Å². The van der Waals surface area contributed by atoms with E-state index < -0.39 is 0 Å². The third-order valence-electron chi connectivity index (χ3n) is 3.25. The monoisotopic (exact) mass is 253 g/mol. The summed E-state index contributed by atoms with van der Waals surface area (Å²) in [6, 6.07) is 2.66. The van der Waals surface area contributed by atoms with Gasteiger partial charge in [-0.25, -0.2) is 0 Å². The highest BCUT2D eigenvalue weighted by molar-refractivity contribution is 4.99. The molecule has 1 aromatic heterocycles. The number of hydrogen-bond donors (Lipinski definition) is 2. The van der Waals surface area contributed by atoms with Crippen LogP contribution in [0.4, 0.5) is 0 Å². The lowest BCUT2D eigenvalue weighted by atomic mass is 10.0. The fourth-order valence-corrected chi connectivity index (χ4v) is 1.94. The third-order valence-corrected chi connectivity index (χ3v) is 3.25. The van der Waals surface area contributed by atoms with Gasteiger partial charge in [-0.05, 0) is 31.7 Å². The fraction of sp³-hybridized carbons (Fsp3) is 0.786. The van der Waals surface area contributed by atoms with Crippen molar-refractivity contribution in [3.63, 3.8) is 0 Å². The molecule has 1 rings (SSSR count). The van der Waals surface area contributed by atoms with E-state index in [9.17, 15) is 5.11 Å². The van der Waals surface area contributed by atoms with Gasteiger partial charge in [0.2, 0.25) is 0 Å². The smallest absolute Gasteiger partial charge is 0.0762 e. The van der Waals surface area contributed by atoms with Gasteiger partial charge in [0.05, 0.1) is 12.3 Å². The first-order chi connectivity index (χ1) is 8.56. The van der Waals surface area contributed by atoms with Gasteiger partial charge < -0.3 is 10.4 Å². The Morgan fingerprint density at radius 1 is 1.39 bits per heavy atom. The molecule has 0 aliphatic heterocycles. The predicted molar refractivity (Wildman–Crippen MR) is 74.4 cm³/mol. The molecular weight excluding hydrogens is 226 g/mol. The highest BCUT2D eigenvalue weighted by Gasteiger charge is 2.10. The largest absolute Gasteiger partial charge is 0.395 e. The Balaban J connectivity index is 2.44. The van der Waals surface area contributed by atoms with Crippen molar-refractivity contribution in [1.29, 1.82) is 0 Å². The summed E-state index contributed by atoms with van der Waals surface area (Å²) in [6.07, 6.45) is 4.10. The molecule has 0 aliphatic rings. The minimum atomic E-state index is 0.166. The summed E-state index contributed by atoms with van der Waals surface area (Å²) in [4.78, 5) is 0. The van der Waals surface area contributed by atoms with Crippen LogP contribution in [0.15, 0.2) is 12.3 Å². The third kappa shape index (κ3) is 4.78. The quantitative estimate of drug-likeness (QED) is 0.747. The summed E-state index contributed by atoms with van der Waals surface area (Å²) in [5.41, 5.74) is 1.04. The van der Waals surface area contributed by atoms with Gasteiger partial charge in [0.1, 0.15) is 0 Å². The lowest BCUT2D eigenvalue weighted by molar-refractivity contribution is 0.223. The molecule has 0 saturated carbocycles. The average Bonchev–Trinajstić information content (AvgIpc) is 2.81. The van der Waals surface area contributed by atoms with E-state index >= 15 is 0 Å². The van der Waals surface area contributed by atoms with E-state index in [-0.39, 0.29) is 12.6 Å². The standard InChI is InChI=1S/C14H27N3O/c1-5-12(4)17-7-6-13(16-17)9-15-14(10-18)8-11(2)3/h6-7,11-12,14-15,18H,5,8-10H2,1-4H3. The molecule has 2 N–H and O–H groups in total. The maximum Gasteiger partial charge on any atom is 0.0762 e. The Morgan fingerprint density at radius 2 is 2.11 bits per heavy atom. The summed E-state index contributed by atoms with van der Waals surface area (Å²) >= 11 is 0. The van der Waals surface area contributed by atoms with E-state index in [0.717, 1.165) is 25.1 Å². The van der Waals surface area contributed by atoms with Crippen LogP contribution in [0.25, 0.3) is 0 Å². The Morgan fingerprint density at radius 3 is 2.67 bits per heavy atom. The van der Waals surface area contributed by atoms with Crippen LogP contribution >= 0.6 is 0 Å². The molecule has 0 aromatic carbocycles. The van der Waals surface area contributed by atoms with Crippen molar-refractivity contribution in [2.75, 3.05) is 6.61 Å². The van der Waals surface area contributed by atoms with Crippen molar-refractivity contribution in [2.24, 2.45) is 5.92 Å². The molecule has 2 unspecified atom stereocenters. The van der Waals surface area contributed by atoms with Crippen molar-refractivity contribution in [1.82, 2.24) is 15.1 Å². The number of rotatable bonds is 8. The number of nitrogens with zero attached hydrogens (tertiary/aromatic N) is 2. The Labute approximate surface area is 110 Å². The normalized spacial score (nSPS) is 15.0. The molecule has 0 amide bonds. The molecule has 2 atom stereocenters. The summed E-state index contributed by atoms with van der Waals surface area (Å²) in [6.45, 7) is 9.57. The zero-order chi connectivity index (χ0) is 13.5.